The first-order valence-corrected chi connectivity index (χ1v) is 10.8. The Hall–Kier alpha value is -0.0900. The zero-order valence-electron chi connectivity index (χ0n) is 13.8. The molecule has 0 radical (unpaired) electrons. The molecule has 0 atom stereocenters. The fourth-order valence-corrected chi connectivity index (χ4v) is 5.68. The summed E-state index contributed by atoms with van der Waals surface area (Å²) < 4.78 is 0. The summed E-state index contributed by atoms with van der Waals surface area (Å²) in [6.45, 7) is 4.61. The molecule has 0 unspecified atom stereocenters. The molecular formula is C19H35P. The summed E-state index contributed by atoms with van der Waals surface area (Å²) >= 11 is 0. The molecule has 1 aliphatic carbocycles. The van der Waals surface area contributed by atoms with Gasteiger partial charge in [0.2, 0.25) is 0 Å². The maximum Gasteiger partial charge on any atom is 0.0156 e. The van der Waals surface area contributed by atoms with Gasteiger partial charge in [-0.05, 0) is 25.2 Å². The lowest BCUT2D eigenvalue weighted by atomic mass is 10.2. The standard InChI is InChI=1S/C19H35P/c1-3-5-7-9-13-17-20(19-15-11-12-16-19)18-14-10-8-6-4-2/h11-12,15-16,19H,3-10,13-14,17-18H2,1-2H3. The zero-order chi connectivity index (χ0) is 14.5. The first-order chi connectivity index (χ1) is 9.88. The Balaban J connectivity index is 2.18. The molecule has 0 aromatic carbocycles. The molecule has 1 aliphatic rings. The molecular weight excluding hydrogens is 259 g/mol. The molecule has 0 nitrogen and oxygen atoms in total. The van der Waals surface area contributed by atoms with Crippen LogP contribution < -0.4 is 0 Å². The SMILES string of the molecule is CCCCCCCP(CCCCCCC)C1C=CC=C1. The van der Waals surface area contributed by atoms with Crippen molar-refractivity contribution < 1.29 is 0 Å². The van der Waals surface area contributed by atoms with Gasteiger partial charge < -0.3 is 0 Å². The lowest BCUT2D eigenvalue weighted by Gasteiger charge is -2.22. The molecule has 0 amide bonds. The van der Waals surface area contributed by atoms with E-state index in [0.717, 1.165) is 5.66 Å². The van der Waals surface area contributed by atoms with E-state index in [1.165, 1.54) is 76.5 Å². The molecule has 1 heteroatoms. The molecule has 0 N–H and O–H groups in total. The van der Waals surface area contributed by atoms with Crippen LogP contribution in [0.4, 0.5) is 0 Å². The average Bonchev–Trinajstić information content (AvgIpc) is 2.98. The van der Waals surface area contributed by atoms with Crippen LogP contribution in [0.5, 0.6) is 0 Å². The lowest BCUT2D eigenvalue weighted by molar-refractivity contribution is 0.652. The third-order valence-electron chi connectivity index (χ3n) is 4.25. The van der Waals surface area contributed by atoms with Crippen molar-refractivity contribution in [1.29, 1.82) is 0 Å². The molecule has 0 heterocycles. The molecule has 116 valence electrons. The molecule has 1 rings (SSSR count). The maximum absolute atomic E-state index is 2.45. The number of rotatable bonds is 13. The highest BCUT2D eigenvalue weighted by Gasteiger charge is 2.16. The van der Waals surface area contributed by atoms with Gasteiger partial charge in [-0.3, -0.25) is 0 Å². The van der Waals surface area contributed by atoms with Crippen LogP contribution in [0.1, 0.15) is 78.1 Å². The average molecular weight is 294 g/mol. The van der Waals surface area contributed by atoms with Gasteiger partial charge in [-0.15, -0.1) is 0 Å². The molecule has 0 aromatic rings. The second kappa shape index (κ2) is 12.6. The van der Waals surface area contributed by atoms with Crippen LogP contribution in [0.25, 0.3) is 0 Å². The van der Waals surface area contributed by atoms with E-state index >= 15 is 0 Å². The van der Waals surface area contributed by atoms with Gasteiger partial charge in [-0.2, -0.15) is 0 Å². The molecule has 0 aliphatic heterocycles. The van der Waals surface area contributed by atoms with Crippen molar-refractivity contribution in [2.24, 2.45) is 0 Å². The minimum Gasteiger partial charge on any atom is -0.0957 e. The van der Waals surface area contributed by atoms with E-state index in [4.69, 9.17) is 0 Å². The van der Waals surface area contributed by atoms with E-state index in [2.05, 4.69) is 38.2 Å². The second-order valence-electron chi connectivity index (χ2n) is 6.12. The summed E-state index contributed by atoms with van der Waals surface area (Å²) in [5.41, 5.74) is 0.808. The van der Waals surface area contributed by atoms with Crippen molar-refractivity contribution in [3.63, 3.8) is 0 Å². The van der Waals surface area contributed by atoms with E-state index in [-0.39, 0.29) is 7.92 Å². The third-order valence-corrected chi connectivity index (χ3v) is 7.22. The van der Waals surface area contributed by atoms with Gasteiger partial charge >= 0.3 is 0 Å². The molecule has 0 bridgehead atoms. The fourth-order valence-electron chi connectivity index (χ4n) is 2.91. The minimum atomic E-state index is 0.223. The maximum atomic E-state index is 2.45. The highest BCUT2D eigenvalue weighted by atomic mass is 31.1. The molecule has 0 aromatic heterocycles. The summed E-state index contributed by atoms with van der Waals surface area (Å²) in [7, 11) is 0.223. The first-order valence-electron chi connectivity index (χ1n) is 8.97. The van der Waals surface area contributed by atoms with Crippen molar-refractivity contribution in [2.75, 3.05) is 12.3 Å². The van der Waals surface area contributed by atoms with Crippen molar-refractivity contribution in [1.82, 2.24) is 0 Å². The van der Waals surface area contributed by atoms with Crippen LogP contribution in [-0.2, 0) is 0 Å². The number of allylic oxidation sites excluding steroid dienone is 4. The van der Waals surface area contributed by atoms with Gasteiger partial charge in [-0.25, -0.2) is 0 Å². The molecule has 0 fully saturated rings. The number of unbranched alkanes of at least 4 members (excludes halogenated alkanes) is 8. The van der Waals surface area contributed by atoms with Crippen LogP contribution in [-0.4, -0.2) is 18.0 Å². The lowest BCUT2D eigenvalue weighted by Crippen LogP contribution is -2.03. The number of hydrogen-bond donors (Lipinski definition) is 0. The van der Waals surface area contributed by atoms with E-state index < -0.39 is 0 Å². The summed E-state index contributed by atoms with van der Waals surface area (Å²) in [5, 5.41) is 0. The van der Waals surface area contributed by atoms with E-state index in [1.54, 1.807) is 0 Å². The Labute approximate surface area is 128 Å². The van der Waals surface area contributed by atoms with Crippen LogP contribution in [0, 0.1) is 0 Å². The monoisotopic (exact) mass is 294 g/mol. The fraction of sp³-hybridized carbons (Fsp3) is 0.789. The van der Waals surface area contributed by atoms with Gasteiger partial charge in [0, 0.05) is 5.66 Å². The quantitative estimate of drug-likeness (QED) is 0.256. The van der Waals surface area contributed by atoms with Gasteiger partial charge in [0.1, 0.15) is 0 Å². The predicted molar refractivity (Wildman–Crippen MR) is 96.2 cm³/mol. The van der Waals surface area contributed by atoms with Crippen molar-refractivity contribution in [3.05, 3.63) is 24.3 Å². The molecule has 0 saturated heterocycles. The van der Waals surface area contributed by atoms with Gasteiger partial charge in [-0.1, -0.05) is 97.4 Å². The Morgan fingerprint density at radius 1 is 0.650 bits per heavy atom. The van der Waals surface area contributed by atoms with Crippen molar-refractivity contribution in [2.45, 2.75) is 83.7 Å². The first kappa shape index (κ1) is 18.0. The third kappa shape index (κ3) is 8.25. The molecule has 0 saturated carbocycles. The second-order valence-corrected chi connectivity index (χ2v) is 8.79. The van der Waals surface area contributed by atoms with Crippen LogP contribution in [0.15, 0.2) is 24.3 Å². The molecule has 20 heavy (non-hydrogen) atoms. The van der Waals surface area contributed by atoms with Crippen LogP contribution in [0.2, 0.25) is 0 Å². The van der Waals surface area contributed by atoms with Crippen LogP contribution >= 0.6 is 7.92 Å². The van der Waals surface area contributed by atoms with E-state index in [1.807, 2.05) is 0 Å². The Kier molecular flexibility index (Phi) is 11.3. The summed E-state index contributed by atoms with van der Waals surface area (Å²) in [6.07, 6.45) is 26.8. The van der Waals surface area contributed by atoms with Crippen LogP contribution in [0.3, 0.4) is 0 Å². The number of hydrogen-bond acceptors (Lipinski definition) is 0. The summed E-state index contributed by atoms with van der Waals surface area (Å²) in [6, 6.07) is 0. The Morgan fingerprint density at radius 2 is 1.10 bits per heavy atom. The highest BCUT2D eigenvalue weighted by molar-refractivity contribution is 7.58. The van der Waals surface area contributed by atoms with Crippen molar-refractivity contribution in [3.8, 4) is 0 Å². The summed E-state index contributed by atoms with van der Waals surface area (Å²) in [5.74, 6) is 0. The molecule has 0 spiro atoms. The Bertz CT molecular complexity index is 241. The van der Waals surface area contributed by atoms with Gasteiger partial charge in [0.05, 0.1) is 0 Å². The predicted octanol–water partition coefficient (Wildman–Crippen LogP) is 6.90. The van der Waals surface area contributed by atoms with E-state index in [0.29, 0.717) is 0 Å². The smallest absolute Gasteiger partial charge is 0.0156 e. The zero-order valence-corrected chi connectivity index (χ0v) is 14.7. The van der Waals surface area contributed by atoms with Crippen molar-refractivity contribution >= 4 is 7.92 Å². The minimum absolute atomic E-state index is 0.223. The van der Waals surface area contributed by atoms with Gasteiger partial charge in [0.25, 0.3) is 0 Å². The topological polar surface area (TPSA) is 0 Å². The highest BCUT2D eigenvalue weighted by Crippen LogP contribution is 2.46. The largest absolute Gasteiger partial charge is 0.0957 e. The van der Waals surface area contributed by atoms with Gasteiger partial charge in [0.15, 0.2) is 0 Å². The Morgan fingerprint density at radius 3 is 1.55 bits per heavy atom. The van der Waals surface area contributed by atoms with E-state index in [9.17, 15) is 0 Å². The summed E-state index contributed by atoms with van der Waals surface area (Å²) in [4.78, 5) is 0. The normalized spacial score (nSPS) is 14.8.